The molecule has 0 spiro atoms. The highest BCUT2D eigenvalue weighted by molar-refractivity contribution is 7.28. The van der Waals surface area contributed by atoms with Crippen molar-refractivity contribution in [2.24, 2.45) is 0 Å². The van der Waals surface area contributed by atoms with Crippen LogP contribution >= 0.6 is 34.0 Å². The molecule has 39 heavy (non-hydrogen) atoms. The molecule has 3 N–H and O–H groups in total. The second kappa shape index (κ2) is 13.4. The lowest BCUT2D eigenvalue weighted by atomic mass is 10.1. The number of rotatable bonds is 9. The molecule has 9 heteroatoms. The Labute approximate surface area is 237 Å². The van der Waals surface area contributed by atoms with Crippen molar-refractivity contribution in [1.82, 2.24) is 0 Å². The molecule has 6 nitrogen and oxygen atoms in total. The number of benzene rings is 2. The zero-order valence-corrected chi connectivity index (χ0v) is 23.1. The molecule has 0 aliphatic carbocycles. The predicted octanol–water partition coefficient (Wildman–Crippen LogP) is 6.72. The number of thiophene rings is 3. The van der Waals surface area contributed by atoms with E-state index in [1.165, 1.54) is 15.3 Å². The first kappa shape index (κ1) is 28.3. The average molecular weight is 577 g/mol. The van der Waals surface area contributed by atoms with Crippen molar-refractivity contribution in [3.05, 3.63) is 95.6 Å². The van der Waals surface area contributed by atoms with E-state index in [-0.39, 0.29) is 24.9 Å². The van der Waals surface area contributed by atoms with Crippen LogP contribution in [0.5, 0.6) is 0 Å². The fraction of sp³-hybridized carbons (Fsp3) is 0.133. The fourth-order valence-corrected chi connectivity index (χ4v) is 7.86. The van der Waals surface area contributed by atoms with Gasteiger partial charge >= 0.3 is 12.1 Å². The Bertz CT molecular complexity index is 1570. The van der Waals surface area contributed by atoms with E-state index in [1.807, 2.05) is 30.3 Å². The van der Waals surface area contributed by atoms with E-state index < -0.39 is 5.97 Å². The number of aliphatic hydroxyl groups is 2. The molecule has 0 atom stereocenters. The number of carboxylic acids is 1. The molecule has 0 bridgehead atoms. The third-order valence-electron chi connectivity index (χ3n) is 5.91. The SMILES string of the molecule is O=C(O)c1ccc(-c2cc(CCO)c(-c3ccc(-c4sc(-c5ccccc5)cc4CCO)s3)s2)cc1.O=C=O. The van der Waals surface area contributed by atoms with Crippen LogP contribution in [-0.2, 0) is 22.4 Å². The number of carbonyl (C=O) groups excluding carboxylic acids is 2. The number of hydrogen-bond acceptors (Lipinski definition) is 8. The quantitative estimate of drug-likeness (QED) is 0.180. The third kappa shape index (κ3) is 6.66. The highest BCUT2D eigenvalue weighted by Crippen LogP contribution is 2.46. The molecule has 0 unspecified atom stereocenters. The normalized spacial score (nSPS) is 10.5. The minimum absolute atomic E-state index is 0.0609. The number of carboxylic acid groups (broad SMARTS) is 1. The summed E-state index contributed by atoms with van der Waals surface area (Å²) in [5.74, 6) is -0.940. The smallest absolute Gasteiger partial charge is 0.373 e. The Balaban J connectivity index is 0.00000112. The molecule has 5 rings (SSSR count). The maximum absolute atomic E-state index is 11.2. The monoisotopic (exact) mass is 576 g/mol. The van der Waals surface area contributed by atoms with E-state index in [4.69, 9.17) is 9.59 Å². The van der Waals surface area contributed by atoms with E-state index in [2.05, 4.69) is 36.4 Å². The van der Waals surface area contributed by atoms with E-state index in [9.17, 15) is 20.1 Å². The molecule has 3 aromatic heterocycles. The van der Waals surface area contributed by atoms with Gasteiger partial charge in [-0.25, -0.2) is 4.79 Å². The van der Waals surface area contributed by atoms with Gasteiger partial charge in [-0.1, -0.05) is 42.5 Å². The number of aliphatic hydroxyl groups excluding tert-OH is 2. The first-order valence-corrected chi connectivity index (χ1v) is 14.4. The number of hydrogen-bond donors (Lipinski definition) is 3. The molecule has 0 saturated heterocycles. The van der Waals surface area contributed by atoms with Gasteiger partial charge < -0.3 is 15.3 Å². The molecule has 0 radical (unpaired) electrons. The average Bonchev–Trinajstić information content (AvgIpc) is 3.69. The highest BCUT2D eigenvalue weighted by Gasteiger charge is 2.18. The Hall–Kier alpha value is -3.69. The second-order valence-electron chi connectivity index (χ2n) is 8.37. The molecule has 0 aliphatic rings. The van der Waals surface area contributed by atoms with Gasteiger partial charge in [0.2, 0.25) is 0 Å². The maximum atomic E-state index is 11.2. The lowest BCUT2D eigenvalue weighted by Gasteiger charge is -2.00. The van der Waals surface area contributed by atoms with Crippen LogP contribution in [0.2, 0.25) is 0 Å². The molecule has 198 valence electrons. The second-order valence-corrected chi connectivity index (χ2v) is 11.6. The van der Waals surface area contributed by atoms with Gasteiger partial charge in [0.1, 0.15) is 0 Å². The van der Waals surface area contributed by atoms with Crippen LogP contribution in [-0.4, -0.2) is 40.7 Å². The van der Waals surface area contributed by atoms with E-state index >= 15 is 0 Å². The summed E-state index contributed by atoms with van der Waals surface area (Å²) in [4.78, 5) is 34.3. The molecule has 0 aliphatic heterocycles. The van der Waals surface area contributed by atoms with E-state index in [0.717, 1.165) is 36.2 Å². The molecule has 5 aromatic rings. The molecular formula is C30H24O6S3. The van der Waals surface area contributed by atoms with Crippen LogP contribution in [0.3, 0.4) is 0 Å². The topological polar surface area (TPSA) is 112 Å². The summed E-state index contributed by atoms with van der Waals surface area (Å²) in [6.07, 6.45) is 1.41. The Kier molecular flexibility index (Phi) is 9.73. The fourth-order valence-electron chi connectivity index (χ4n) is 4.13. The van der Waals surface area contributed by atoms with Gasteiger partial charge in [0.25, 0.3) is 0 Å². The van der Waals surface area contributed by atoms with Crippen molar-refractivity contribution in [3.63, 3.8) is 0 Å². The maximum Gasteiger partial charge on any atom is 0.373 e. The van der Waals surface area contributed by atoms with Crippen molar-refractivity contribution in [3.8, 4) is 40.4 Å². The summed E-state index contributed by atoms with van der Waals surface area (Å²) in [6.45, 7) is 0.164. The van der Waals surface area contributed by atoms with Gasteiger partial charge in [-0.05, 0) is 71.5 Å². The summed E-state index contributed by atoms with van der Waals surface area (Å²) in [5, 5.41) is 28.5. The number of carbonyl (C=O) groups is 1. The molecule has 0 amide bonds. The van der Waals surface area contributed by atoms with Crippen LogP contribution in [0.1, 0.15) is 21.5 Å². The van der Waals surface area contributed by atoms with E-state index in [1.54, 1.807) is 46.1 Å². The Morgan fingerprint density at radius 2 is 1.10 bits per heavy atom. The van der Waals surface area contributed by atoms with E-state index in [0.29, 0.717) is 12.8 Å². The zero-order chi connectivity index (χ0) is 27.8. The zero-order valence-electron chi connectivity index (χ0n) is 20.6. The van der Waals surface area contributed by atoms with Gasteiger partial charge in [-0.3, -0.25) is 0 Å². The van der Waals surface area contributed by atoms with Crippen LogP contribution in [0.4, 0.5) is 0 Å². The molecule has 0 saturated carbocycles. The third-order valence-corrected chi connectivity index (χ3v) is 9.81. The lowest BCUT2D eigenvalue weighted by molar-refractivity contribution is -0.191. The summed E-state index contributed by atoms with van der Waals surface area (Å²) in [5.41, 5.74) is 4.63. The summed E-state index contributed by atoms with van der Waals surface area (Å²) in [6, 6.07) is 25.8. The van der Waals surface area contributed by atoms with Gasteiger partial charge in [0, 0.05) is 42.5 Å². The van der Waals surface area contributed by atoms with Crippen molar-refractivity contribution < 1.29 is 29.7 Å². The Morgan fingerprint density at radius 1 is 0.641 bits per heavy atom. The molecular weight excluding hydrogens is 553 g/mol. The highest BCUT2D eigenvalue weighted by atomic mass is 32.1. The minimum Gasteiger partial charge on any atom is -0.478 e. The summed E-state index contributed by atoms with van der Waals surface area (Å²) in [7, 11) is 0. The van der Waals surface area contributed by atoms with Crippen LogP contribution in [0.15, 0.2) is 78.9 Å². The number of aromatic carboxylic acids is 1. The van der Waals surface area contributed by atoms with Crippen LogP contribution in [0, 0.1) is 0 Å². The lowest BCUT2D eigenvalue weighted by Crippen LogP contribution is -1.94. The van der Waals surface area contributed by atoms with Gasteiger partial charge in [-0.2, -0.15) is 9.59 Å². The molecule has 2 aromatic carbocycles. The summed E-state index contributed by atoms with van der Waals surface area (Å²) >= 11 is 5.13. The predicted molar refractivity (Wildman–Crippen MR) is 155 cm³/mol. The van der Waals surface area contributed by atoms with Crippen molar-refractivity contribution in [2.45, 2.75) is 12.8 Å². The van der Waals surface area contributed by atoms with Crippen molar-refractivity contribution in [1.29, 1.82) is 0 Å². The molecule has 0 fully saturated rings. The van der Waals surface area contributed by atoms with Crippen LogP contribution < -0.4 is 0 Å². The van der Waals surface area contributed by atoms with Gasteiger partial charge in [-0.15, -0.1) is 34.0 Å². The van der Waals surface area contributed by atoms with Crippen molar-refractivity contribution in [2.75, 3.05) is 13.2 Å². The van der Waals surface area contributed by atoms with Crippen molar-refractivity contribution >= 4 is 46.1 Å². The minimum atomic E-state index is -0.940. The molecule has 3 heterocycles. The standard InChI is InChI=1S/C29H24O4S3.CO2/c30-14-12-21-16-25(18-4-2-1-3-5-18)35-27(21)23-10-11-24(34-23)28-22(13-15-31)17-26(36-28)19-6-8-20(9-7-19)29(32)33;2-1-3/h1-11,16-17,30-31H,12-15H2,(H,32,33);. The first-order chi connectivity index (χ1) is 19.0. The largest absolute Gasteiger partial charge is 0.478 e. The summed E-state index contributed by atoms with van der Waals surface area (Å²) < 4.78 is 0. The van der Waals surface area contributed by atoms with Gasteiger partial charge in [0.05, 0.1) is 5.56 Å². The Morgan fingerprint density at radius 3 is 1.54 bits per heavy atom. The van der Waals surface area contributed by atoms with Gasteiger partial charge in [0.15, 0.2) is 0 Å². The van der Waals surface area contributed by atoms with Crippen LogP contribution in [0.25, 0.3) is 40.4 Å². The first-order valence-electron chi connectivity index (χ1n) is 11.9.